The van der Waals surface area contributed by atoms with Crippen molar-refractivity contribution >= 4 is 29.3 Å². The number of thioether (sulfide) groups is 1. The highest BCUT2D eigenvalue weighted by molar-refractivity contribution is 8.00. The largest absolute Gasteiger partial charge is 0.480 e. The maximum atomic E-state index is 11.3. The van der Waals surface area contributed by atoms with E-state index in [2.05, 4.69) is 0 Å². The van der Waals surface area contributed by atoms with E-state index in [1.54, 1.807) is 0 Å². The third kappa shape index (κ3) is 3.65. The van der Waals surface area contributed by atoms with E-state index in [0.29, 0.717) is 23.6 Å². The zero-order valence-corrected chi connectivity index (χ0v) is 11.6. The Hall–Kier alpha value is -0.670. The van der Waals surface area contributed by atoms with E-state index in [-0.39, 0.29) is 0 Å². The fourth-order valence-electron chi connectivity index (χ4n) is 1.67. The number of hydrogen-bond acceptors (Lipinski definition) is 2. The Balaban J connectivity index is 2.74. The number of hydrogen-bond donors (Lipinski definition) is 1. The molecule has 94 valence electrons. The molecule has 0 radical (unpaired) electrons. The molecule has 2 nitrogen and oxygen atoms in total. The van der Waals surface area contributed by atoms with E-state index in [4.69, 9.17) is 11.6 Å². The highest BCUT2D eigenvalue weighted by atomic mass is 35.5. The molecule has 4 heteroatoms. The van der Waals surface area contributed by atoms with Gasteiger partial charge in [0.2, 0.25) is 0 Å². The molecule has 0 heterocycles. The summed E-state index contributed by atoms with van der Waals surface area (Å²) >= 11 is 7.38. The molecular weight excluding hydrogens is 256 g/mol. The van der Waals surface area contributed by atoms with Crippen LogP contribution in [0.15, 0.2) is 24.3 Å². The number of carbonyl (C=O) groups is 1. The quantitative estimate of drug-likeness (QED) is 0.843. The summed E-state index contributed by atoms with van der Waals surface area (Å²) in [6, 6.07) is 7.56. The fraction of sp³-hybridized carbons (Fsp3) is 0.462. The van der Waals surface area contributed by atoms with Gasteiger partial charge >= 0.3 is 5.97 Å². The molecule has 0 spiro atoms. The van der Waals surface area contributed by atoms with Crippen LogP contribution >= 0.6 is 23.4 Å². The van der Waals surface area contributed by atoms with Gasteiger partial charge in [-0.2, -0.15) is 0 Å². The van der Waals surface area contributed by atoms with Crippen LogP contribution in [-0.2, 0) is 10.5 Å². The number of carboxylic acid groups (broad SMARTS) is 1. The van der Waals surface area contributed by atoms with Gasteiger partial charge in [0.1, 0.15) is 4.75 Å². The molecule has 0 aromatic heterocycles. The zero-order valence-electron chi connectivity index (χ0n) is 10.1. The van der Waals surface area contributed by atoms with Crippen LogP contribution in [0.4, 0.5) is 0 Å². The van der Waals surface area contributed by atoms with Gasteiger partial charge in [-0.15, -0.1) is 11.8 Å². The molecular formula is C13H17ClO2S. The molecule has 0 aliphatic rings. The summed E-state index contributed by atoms with van der Waals surface area (Å²) in [5.74, 6) is -0.0521. The normalized spacial score (nSPS) is 11.5. The minimum Gasteiger partial charge on any atom is -0.480 e. The first-order valence-corrected chi connectivity index (χ1v) is 7.02. The lowest BCUT2D eigenvalue weighted by Crippen LogP contribution is -2.33. The van der Waals surface area contributed by atoms with Gasteiger partial charge in [0.15, 0.2) is 0 Å². The summed E-state index contributed by atoms with van der Waals surface area (Å²) in [6.07, 6.45) is 1.26. The van der Waals surface area contributed by atoms with Crippen LogP contribution in [0.5, 0.6) is 0 Å². The van der Waals surface area contributed by atoms with E-state index >= 15 is 0 Å². The summed E-state index contributed by atoms with van der Waals surface area (Å²) in [4.78, 5) is 11.3. The SMILES string of the molecule is CCC(CC)(SCc1cccc(Cl)c1)C(=O)O. The Labute approximate surface area is 111 Å². The highest BCUT2D eigenvalue weighted by Crippen LogP contribution is 2.35. The van der Waals surface area contributed by atoms with Gasteiger partial charge in [-0.1, -0.05) is 37.6 Å². The summed E-state index contributed by atoms with van der Waals surface area (Å²) in [6.45, 7) is 3.84. The van der Waals surface area contributed by atoms with Crippen LogP contribution in [0.25, 0.3) is 0 Å². The molecule has 0 aliphatic carbocycles. The van der Waals surface area contributed by atoms with E-state index in [1.165, 1.54) is 11.8 Å². The van der Waals surface area contributed by atoms with E-state index in [1.807, 2.05) is 38.1 Å². The molecule has 1 N–H and O–H groups in total. The summed E-state index contributed by atoms with van der Waals surface area (Å²) < 4.78 is -0.678. The minimum atomic E-state index is -0.727. The van der Waals surface area contributed by atoms with Crippen molar-refractivity contribution in [1.82, 2.24) is 0 Å². The molecule has 0 amide bonds. The average Bonchev–Trinajstić information content (AvgIpc) is 2.31. The van der Waals surface area contributed by atoms with Crippen LogP contribution in [0, 0.1) is 0 Å². The topological polar surface area (TPSA) is 37.3 Å². The van der Waals surface area contributed by atoms with Crippen molar-refractivity contribution in [2.75, 3.05) is 0 Å². The predicted octanol–water partition coefficient (Wildman–Crippen LogP) is 4.22. The molecule has 0 fully saturated rings. The van der Waals surface area contributed by atoms with Gasteiger partial charge in [0.25, 0.3) is 0 Å². The molecule has 0 saturated heterocycles. The second-order valence-corrected chi connectivity index (χ2v) is 5.72. The summed E-state index contributed by atoms with van der Waals surface area (Å²) in [5.41, 5.74) is 1.06. The van der Waals surface area contributed by atoms with Crippen molar-refractivity contribution in [3.05, 3.63) is 34.9 Å². The van der Waals surface area contributed by atoms with Gasteiger partial charge in [-0.05, 0) is 30.5 Å². The van der Waals surface area contributed by atoms with E-state index in [9.17, 15) is 9.90 Å². The average molecular weight is 273 g/mol. The molecule has 1 aromatic rings. The molecule has 1 rings (SSSR count). The van der Waals surface area contributed by atoms with Gasteiger partial charge in [0.05, 0.1) is 0 Å². The van der Waals surface area contributed by atoms with Gasteiger partial charge < -0.3 is 5.11 Å². The lowest BCUT2D eigenvalue weighted by Gasteiger charge is -2.26. The second-order valence-electron chi connectivity index (χ2n) is 3.93. The van der Waals surface area contributed by atoms with Crippen molar-refractivity contribution in [1.29, 1.82) is 0 Å². The number of rotatable bonds is 6. The third-order valence-corrected chi connectivity index (χ3v) is 4.95. The number of halogens is 1. The molecule has 0 saturated carbocycles. The van der Waals surface area contributed by atoms with E-state index in [0.717, 1.165) is 5.56 Å². The van der Waals surface area contributed by atoms with Crippen LogP contribution in [0.2, 0.25) is 5.02 Å². The molecule has 0 unspecified atom stereocenters. The third-order valence-electron chi connectivity index (χ3n) is 2.94. The highest BCUT2D eigenvalue weighted by Gasteiger charge is 2.35. The molecule has 17 heavy (non-hydrogen) atoms. The van der Waals surface area contributed by atoms with Crippen molar-refractivity contribution in [3.63, 3.8) is 0 Å². The van der Waals surface area contributed by atoms with E-state index < -0.39 is 10.7 Å². The van der Waals surface area contributed by atoms with Crippen LogP contribution < -0.4 is 0 Å². The molecule has 0 atom stereocenters. The Bertz CT molecular complexity index is 389. The Morgan fingerprint density at radius 3 is 2.53 bits per heavy atom. The standard InChI is InChI=1S/C13H17ClO2S/c1-3-13(4-2,12(15)16)17-9-10-6-5-7-11(14)8-10/h5-8H,3-4,9H2,1-2H3,(H,15,16). The van der Waals surface area contributed by atoms with Crippen LogP contribution in [0.3, 0.4) is 0 Å². The first-order valence-electron chi connectivity index (χ1n) is 5.66. The molecule has 0 bridgehead atoms. The maximum Gasteiger partial charge on any atom is 0.319 e. The first kappa shape index (κ1) is 14.4. The van der Waals surface area contributed by atoms with Gasteiger partial charge in [-0.25, -0.2) is 0 Å². The Kier molecular flexibility index (Phi) is 5.34. The van der Waals surface area contributed by atoms with Crippen molar-refractivity contribution < 1.29 is 9.90 Å². The van der Waals surface area contributed by atoms with Crippen molar-refractivity contribution in [2.45, 2.75) is 37.2 Å². The monoisotopic (exact) mass is 272 g/mol. The van der Waals surface area contributed by atoms with Crippen LogP contribution in [0.1, 0.15) is 32.3 Å². The summed E-state index contributed by atoms with van der Waals surface area (Å²) in [5, 5.41) is 10.0. The smallest absolute Gasteiger partial charge is 0.319 e. The van der Waals surface area contributed by atoms with Gasteiger partial charge in [-0.3, -0.25) is 4.79 Å². The Morgan fingerprint density at radius 1 is 1.41 bits per heavy atom. The fourth-order valence-corrected chi connectivity index (χ4v) is 3.03. The first-order chi connectivity index (χ1) is 8.04. The summed E-state index contributed by atoms with van der Waals surface area (Å²) in [7, 11) is 0. The zero-order chi connectivity index (χ0) is 12.9. The lowest BCUT2D eigenvalue weighted by atomic mass is 10.0. The molecule has 1 aromatic carbocycles. The maximum absolute atomic E-state index is 11.3. The number of aliphatic carboxylic acids is 1. The number of carboxylic acids is 1. The lowest BCUT2D eigenvalue weighted by molar-refractivity contribution is -0.140. The number of benzene rings is 1. The Morgan fingerprint density at radius 2 is 2.06 bits per heavy atom. The van der Waals surface area contributed by atoms with Crippen molar-refractivity contribution in [3.8, 4) is 0 Å². The van der Waals surface area contributed by atoms with Crippen molar-refractivity contribution in [2.24, 2.45) is 0 Å². The van der Waals surface area contributed by atoms with Gasteiger partial charge in [0, 0.05) is 10.8 Å². The molecule has 0 aliphatic heterocycles. The van der Waals surface area contributed by atoms with Crippen LogP contribution in [-0.4, -0.2) is 15.8 Å². The minimum absolute atomic E-state index is 0.629. The predicted molar refractivity (Wildman–Crippen MR) is 73.7 cm³/mol. The second kappa shape index (κ2) is 6.31.